The first-order valence-electron chi connectivity index (χ1n) is 23.4. The maximum atomic E-state index is 15.1. The second kappa shape index (κ2) is 18.0. The number of aromatic amines is 2. The van der Waals surface area contributed by atoms with Crippen molar-refractivity contribution >= 4 is 29.5 Å². The maximum absolute atomic E-state index is 15.1. The first kappa shape index (κ1) is 47.1. The van der Waals surface area contributed by atoms with Crippen LogP contribution in [0, 0.1) is 11.8 Å². The van der Waals surface area contributed by atoms with Crippen LogP contribution in [0.25, 0.3) is 6.08 Å². The van der Waals surface area contributed by atoms with Crippen LogP contribution in [0.1, 0.15) is 77.1 Å². The van der Waals surface area contributed by atoms with Gasteiger partial charge in [0, 0.05) is 72.0 Å². The number of phenols is 2. The van der Waals surface area contributed by atoms with Crippen LogP contribution in [0.15, 0.2) is 104 Å². The number of hydrogen-bond donors (Lipinski definition) is 13. The maximum Gasteiger partial charge on any atom is 0.355 e. The van der Waals surface area contributed by atoms with Gasteiger partial charge in [-0.15, -0.1) is 0 Å². The van der Waals surface area contributed by atoms with Crippen LogP contribution < -0.4 is 20.7 Å². The van der Waals surface area contributed by atoms with Gasteiger partial charge in [-0.1, -0.05) is 55.0 Å². The Bertz CT molecular complexity index is 2820. The number of ether oxygens (including phenoxy) is 2. The Labute approximate surface area is 401 Å². The number of carbonyl (C=O) groups excluding carboxylic acids is 1. The standard InChI is InChI=1S/C51H56N6O13/c52-39-8-4-15-49(39,28-6-2-1-3-7-28)33-14-16-50(48(66)67)42(33)31-20-36(61)37(69-51(68)47(65)46(64)45(63)38(24-59)70-51)21-34(31)57(50)41(62)13-11-26-10-12-35(60)29(18-26)30-19-27(23-58)32(44-43(30)55-25-56-44)22-54-40-9-5-17-53-40/h1-3,5-7,9-14,16-18,20-21,25,27,30,32-33,38-39,42,45-47,53-54,58-61,63-65,68H,4,8,15,19,22-24,52H2,(H,55,56)(H,66,67). The zero-order valence-corrected chi connectivity index (χ0v) is 37.7. The Balaban J connectivity index is 1.04. The molecule has 19 nitrogen and oxygen atoms in total. The average Bonchev–Trinajstić information content (AvgIpc) is 4.22. The number of phenolic OH excluding ortho intramolecular Hbond substituents is 2. The molecule has 14 N–H and O–H groups in total. The van der Waals surface area contributed by atoms with E-state index in [0.717, 1.165) is 40.2 Å². The van der Waals surface area contributed by atoms with Crippen molar-refractivity contribution in [2.75, 3.05) is 30.0 Å². The molecule has 368 valence electrons. The first-order chi connectivity index (χ1) is 33.7. The summed E-state index contributed by atoms with van der Waals surface area (Å²) >= 11 is 0. The van der Waals surface area contributed by atoms with Crippen LogP contribution in [0.4, 0.5) is 11.5 Å². The molecule has 0 bridgehead atoms. The lowest BCUT2D eigenvalue weighted by atomic mass is 9.61. The fourth-order valence-electron chi connectivity index (χ4n) is 12.2. The number of aliphatic hydroxyl groups is 6. The number of amides is 1. The number of anilines is 2. The number of benzene rings is 3. The number of nitrogens with zero attached hydrogens (tertiary/aromatic N) is 2. The quantitative estimate of drug-likeness (QED) is 0.0458. The van der Waals surface area contributed by atoms with Crippen LogP contribution in [-0.2, 0) is 19.7 Å². The smallest absolute Gasteiger partial charge is 0.355 e. The molecular weight excluding hydrogens is 905 g/mol. The normalized spacial score (nSPS) is 33.3. The third-order valence-electron chi connectivity index (χ3n) is 15.6. The number of carboxylic acids is 1. The number of imidazole rings is 1. The minimum atomic E-state index is -3.16. The van der Waals surface area contributed by atoms with E-state index in [1.165, 1.54) is 30.4 Å². The molecule has 3 aromatic carbocycles. The number of aromatic hydroxyl groups is 2. The lowest BCUT2D eigenvalue weighted by Gasteiger charge is -2.44. The Morgan fingerprint density at radius 3 is 2.47 bits per heavy atom. The van der Waals surface area contributed by atoms with Crippen LogP contribution in [0.5, 0.6) is 17.2 Å². The van der Waals surface area contributed by atoms with Gasteiger partial charge in [0.25, 0.3) is 5.91 Å². The van der Waals surface area contributed by atoms with E-state index in [9.17, 15) is 50.8 Å². The molecule has 4 heterocycles. The monoisotopic (exact) mass is 960 g/mol. The highest BCUT2D eigenvalue weighted by Gasteiger charge is 2.67. The van der Waals surface area contributed by atoms with Gasteiger partial charge >= 0.3 is 11.9 Å². The van der Waals surface area contributed by atoms with Crippen molar-refractivity contribution in [2.24, 2.45) is 17.6 Å². The summed E-state index contributed by atoms with van der Waals surface area (Å²) < 4.78 is 11.0. The summed E-state index contributed by atoms with van der Waals surface area (Å²) in [5.41, 5.74) is 7.67. The lowest BCUT2D eigenvalue weighted by Crippen LogP contribution is -2.67. The number of carbonyl (C=O) groups is 2. The van der Waals surface area contributed by atoms with Gasteiger partial charge in [0.15, 0.2) is 23.1 Å². The van der Waals surface area contributed by atoms with Crippen molar-refractivity contribution in [3.05, 3.63) is 137 Å². The molecule has 13 unspecified atom stereocenters. The fraction of sp³-hybridized carbons (Fsp3) is 0.392. The molecule has 5 aliphatic rings. The predicted molar refractivity (Wildman–Crippen MR) is 252 cm³/mol. The third kappa shape index (κ3) is 7.38. The first-order valence-corrected chi connectivity index (χ1v) is 23.4. The highest BCUT2D eigenvalue weighted by molar-refractivity contribution is 6.13. The zero-order chi connectivity index (χ0) is 49.3. The van der Waals surface area contributed by atoms with Gasteiger partial charge in [0.2, 0.25) is 0 Å². The lowest BCUT2D eigenvalue weighted by molar-refractivity contribution is -0.422. The van der Waals surface area contributed by atoms with Gasteiger partial charge in [-0.25, -0.2) is 9.78 Å². The summed E-state index contributed by atoms with van der Waals surface area (Å²) in [6, 6.07) is 20.1. The van der Waals surface area contributed by atoms with E-state index in [0.29, 0.717) is 36.9 Å². The number of nitrogens with one attached hydrogen (secondary N) is 3. The van der Waals surface area contributed by atoms with Crippen molar-refractivity contribution in [3.8, 4) is 17.2 Å². The molecule has 3 aliphatic carbocycles. The molecule has 5 aromatic rings. The number of aliphatic carboxylic acids is 1. The number of rotatable bonds is 13. The molecule has 1 amide bonds. The largest absolute Gasteiger partial charge is 0.508 e. The van der Waals surface area contributed by atoms with E-state index in [1.54, 1.807) is 30.7 Å². The van der Waals surface area contributed by atoms with Crippen molar-refractivity contribution < 1.29 is 65.0 Å². The molecule has 1 saturated carbocycles. The van der Waals surface area contributed by atoms with E-state index in [1.807, 2.05) is 42.5 Å². The van der Waals surface area contributed by atoms with Gasteiger partial charge in [-0.05, 0) is 84.2 Å². The molecule has 13 atom stereocenters. The number of H-pyrrole nitrogens is 2. The van der Waals surface area contributed by atoms with E-state index < -0.39 is 95.1 Å². The summed E-state index contributed by atoms with van der Waals surface area (Å²) in [4.78, 5) is 41.3. The Morgan fingerprint density at radius 1 is 0.971 bits per heavy atom. The minimum Gasteiger partial charge on any atom is -0.508 e. The SMILES string of the molecule is NC1CCCC1(c1ccccc1)C1C=CC2(C(=O)O)C1c1cc(O)c(OC3(O)OC(CO)C(O)C(O)C3O)cc1N2C(=O)C=Cc1ccc(O)c(C2CC(CO)C(CNc3ccc[nH]3)c3nc[nH]c32)c1. The van der Waals surface area contributed by atoms with Crippen molar-refractivity contribution in [1.82, 2.24) is 15.0 Å². The van der Waals surface area contributed by atoms with Crippen LogP contribution in [0.3, 0.4) is 0 Å². The molecule has 0 spiro atoms. The molecule has 1 saturated heterocycles. The number of aromatic nitrogens is 3. The molecule has 2 aliphatic heterocycles. The second-order valence-corrected chi connectivity index (χ2v) is 19.1. The summed E-state index contributed by atoms with van der Waals surface area (Å²) in [5, 5.41) is 102. The van der Waals surface area contributed by atoms with Crippen molar-refractivity contribution in [2.45, 2.75) is 90.8 Å². The summed E-state index contributed by atoms with van der Waals surface area (Å²) in [6.45, 7) is -0.562. The highest BCUT2D eigenvalue weighted by atomic mass is 16.8. The van der Waals surface area contributed by atoms with Crippen LogP contribution in [-0.4, -0.2) is 135 Å². The van der Waals surface area contributed by atoms with Gasteiger partial charge in [0.05, 0.1) is 24.3 Å². The van der Waals surface area contributed by atoms with Crippen LogP contribution >= 0.6 is 0 Å². The molecule has 2 fully saturated rings. The number of aliphatic hydroxyl groups excluding tert-OH is 5. The topological polar surface area (TPSA) is 320 Å². The van der Waals surface area contributed by atoms with Crippen LogP contribution in [0.2, 0.25) is 0 Å². The highest BCUT2D eigenvalue weighted by Crippen LogP contribution is 2.64. The molecule has 70 heavy (non-hydrogen) atoms. The molecule has 10 rings (SSSR count). The molecular formula is C51H56N6O13. The van der Waals surface area contributed by atoms with Gasteiger partial charge in [0.1, 0.15) is 29.9 Å². The molecule has 19 heteroatoms. The summed E-state index contributed by atoms with van der Waals surface area (Å²) in [7, 11) is 0. The van der Waals surface area contributed by atoms with Crippen molar-refractivity contribution in [1.29, 1.82) is 0 Å². The van der Waals surface area contributed by atoms with Gasteiger partial charge in [-0.3, -0.25) is 9.69 Å². The molecule has 2 aromatic heterocycles. The number of carboxylic acid groups (broad SMARTS) is 1. The van der Waals surface area contributed by atoms with E-state index in [-0.39, 0.29) is 35.4 Å². The zero-order valence-electron chi connectivity index (χ0n) is 37.7. The predicted octanol–water partition coefficient (Wildman–Crippen LogP) is 2.59. The van der Waals surface area contributed by atoms with E-state index >= 15 is 4.79 Å². The number of allylic oxidation sites excluding steroid dienone is 1. The number of fused-ring (bicyclic) bond motifs is 4. The molecule has 0 radical (unpaired) electrons. The van der Waals surface area contributed by atoms with E-state index in [4.69, 9.17) is 15.2 Å². The Kier molecular flexibility index (Phi) is 12.1. The minimum absolute atomic E-state index is 0.0252. The average molecular weight is 961 g/mol. The summed E-state index contributed by atoms with van der Waals surface area (Å²) in [5.74, 6) is -8.34. The fourth-order valence-corrected chi connectivity index (χ4v) is 12.2. The second-order valence-electron chi connectivity index (χ2n) is 19.1. The number of nitrogens with two attached hydrogens (primary N) is 1. The Morgan fingerprint density at radius 2 is 1.77 bits per heavy atom. The number of hydrogen-bond acceptors (Lipinski definition) is 15. The summed E-state index contributed by atoms with van der Waals surface area (Å²) in [6.07, 6.45) is 3.88. The van der Waals surface area contributed by atoms with Gasteiger partial charge in [-0.2, -0.15) is 0 Å². The van der Waals surface area contributed by atoms with Crippen molar-refractivity contribution in [3.63, 3.8) is 0 Å². The third-order valence-corrected chi connectivity index (χ3v) is 15.6. The van der Waals surface area contributed by atoms with Gasteiger partial charge < -0.3 is 76.5 Å². The Hall–Kier alpha value is -6.55. The van der Waals surface area contributed by atoms with E-state index in [2.05, 4.69) is 20.3 Å².